The molecule has 0 bridgehead atoms. The molecule has 1 aliphatic heterocycles. The Morgan fingerprint density at radius 1 is 1.38 bits per heavy atom. The van der Waals surface area contributed by atoms with E-state index in [1.807, 2.05) is 12.1 Å². The number of ether oxygens (including phenoxy) is 1. The predicted molar refractivity (Wildman–Crippen MR) is 96.4 cm³/mol. The molecule has 0 aromatic heterocycles. The van der Waals surface area contributed by atoms with Gasteiger partial charge in [-0.3, -0.25) is 15.1 Å². The Morgan fingerprint density at radius 3 is 3.04 bits per heavy atom. The molecule has 1 aromatic rings. The number of unbranched alkanes of at least 4 members (excludes halogenated alkanes) is 3. The maximum atomic E-state index is 11.7. The fourth-order valence-electron chi connectivity index (χ4n) is 3.24. The number of likely N-dealkylation sites (tertiary alicyclic amines) is 1. The number of carbonyl (C=O) groups is 1. The van der Waals surface area contributed by atoms with E-state index in [9.17, 15) is 4.79 Å². The van der Waals surface area contributed by atoms with Gasteiger partial charge in [-0.15, -0.1) is 0 Å². The molecule has 1 unspecified atom stereocenters. The number of benzene rings is 1. The van der Waals surface area contributed by atoms with E-state index in [0.29, 0.717) is 0 Å². The molecule has 1 atom stereocenters. The van der Waals surface area contributed by atoms with Gasteiger partial charge in [-0.25, -0.2) is 5.84 Å². The zero-order chi connectivity index (χ0) is 17.2. The highest BCUT2D eigenvalue weighted by Crippen LogP contribution is 2.21. The average Bonchev–Trinajstić information content (AvgIpc) is 2.61. The molecule has 1 aliphatic rings. The molecule has 24 heavy (non-hydrogen) atoms. The average molecular weight is 333 g/mol. The van der Waals surface area contributed by atoms with Crippen molar-refractivity contribution in [1.29, 1.82) is 0 Å². The third kappa shape index (κ3) is 6.13. The van der Waals surface area contributed by atoms with Crippen LogP contribution in [0.5, 0.6) is 5.75 Å². The maximum Gasteiger partial charge on any atom is 0.238 e. The van der Waals surface area contributed by atoms with Crippen molar-refractivity contribution in [2.24, 2.45) is 11.8 Å². The summed E-state index contributed by atoms with van der Waals surface area (Å²) in [7, 11) is 0. The van der Waals surface area contributed by atoms with Gasteiger partial charge in [-0.05, 0) is 43.5 Å². The van der Waals surface area contributed by atoms with Crippen molar-refractivity contribution in [3.8, 4) is 5.75 Å². The Hall–Kier alpha value is -1.59. The van der Waals surface area contributed by atoms with E-state index in [1.165, 1.54) is 24.8 Å². The number of carbonyl (C=O) groups excluding carboxylic acids is 1. The molecule has 1 fully saturated rings. The summed E-state index contributed by atoms with van der Waals surface area (Å²) in [6.07, 6.45) is 6.81. The Morgan fingerprint density at radius 2 is 2.25 bits per heavy atom. The van der Waals surface area contributed by atoms with E-state index in [2.05, 4.69) is 29.4 Å². The number of nitrogens with two attached hydrogens (primary N) is 1. The quantitative estimate of drug-likeness (QED) is 0.316. The Labute approximate surface area is 145 Å². The summed E-state index contributed by atoms with van der Waals surface area (Å²) in [5.41, 5.74) is 3.51. The van der Waals surface area contributed by atoms with Gasteiger partial charge in [0, 0.05) is 13.1 Å². The molecule has 134 valence electrons. The zero-order valence-electron chi connectivity index (χ0n) is 14.8. The lowest BCUT2D eigenvalue weighted by Crippen LogP contribution is -2.44. The summed E-state index contributed by atoms with van der Waals surface area (Å²) in [6, 6.07) is 8.30. The molecule has 0 saturated carbocycles. The number of amides is 1. The largest absolute Gasteiger partial charge is 0.494 e. The minimum atomic E-state index is -0.0520. The second-order valence-electron chi connectivity index (χ2n) is 6.64. The van der Waals surface area contributed by atoms with E-state index >= 15 is 0 Å². The predicted octanol–water partition coefficient (Wildman–Crippen LogP) is 2.85. The molecule has 5 nitrogen and oxygen atoms in total. The summed E-state index contributed by atoms with van der Waals surface area (Å²) in [6.45, 7) is 5.64. The normalized spacial score (nSPS) is 18.3. The highest BCUT2D eigenvalue weighted by molar-refractivity contribution is 5.78. The van der Waals surface area contributed by atoms with Crippen LogP contribution in [0.15, 0.2) is 24.3 Å². The fourth-order valence-corrected chi connectivity index (χ4v) is 3.24. The van der Waals surface area contributed by atoms with Crippen molar-refractivity contribution in [1.82, 2.24) is 10.3 Å². The van der Waals surface area contributed by atoms with Gasteiger partial charge < -0.3 is 4.74 Å². The zero-order valence-corrected chi connectivity index (χ0v) is 14.8. The van der Waals surface area contributed by atoms with Gasteiger partial charge in [0.25, 0.3) is 0 Å². The standard InChI is InChI=1S/C19H31N3O2/c1-2-3-4-5-12-24-18-10-6-8-16(13-18)14-22-11-7-9-17(15-22)19(23)21-20/h6,8,10,13,17H,2-5,7,9,11-12,14-15,20H2,1H3,(H,21,23). The van der Waals surface area contributed by atoms with Gasteiger partial charge in [0.15, 0.2) is 0 Å². The first-order valence-electron chi connectivity index (χ1n) is 9.17. The van der Waals surface area contributed by atoms with Crippen LogP contribution in [0, 0.1) is 5.92 Å². The number of rotatable bonds is 9. The van der Waals surface area contributed by atoms with Gasteiger partial charge in [0.1, 0.15) is 5.75 Å². The SMILES string of the molecule is CCCCCCOc1cccc(CN2CCCC(C(=O)NN)C2)c1. The molecule has 5 heteroatoms. The van der Waals surface area contributed by atoms with E-state index < -0.39 is 0 Å². The third-order valence-electron chi connectivity index (χ3n) is 4.59. The number of hydrazine groups is 1. The van der Waals surface area contributed by atoms with E-state index in [0.717, 1.165) is 51.3 Å². The maximum absolute atomic E-state index is 11.7. The first kappa shape index (κ1) is 18.7. The van der Waals surface area contributed by atoms with Crippen LogP contribution in [0.2, 0.25) is 0 Å². The highest BCUT2D eigenvalue weighted by Gasteiger charge is 2.25. The van der Waals surface area contributed by atoms with Crippen molar-refractivity contribution in [3.05, 3.63) is 29.8 Å². The van der Waals surface area contributed by atoms with Crippen molar-refractivity contribution < 1.29 is 9.53 Å². The summed E-state index contributed by atoms with van der Waals surface area (Å²) in [5, 5.41) is 0. The molecule has 1 heterocycles. The van der Waals surface area contributed by atoms with Crippen molar-refractivity contribution >= 4 is 5.91 Å². The summed E-state index contributed by atoms with van der Waals surface area (Å²) >= 11 is 0. The monoisotopic (exact) mass is 333 g/mol. The minimum absolute atomic E-state index is 0.00162. The summed E-state index contributed by atoms with van der Waals surface area (Å²) in [5.74, 6) is 6.15. The number of nitrogens with one attached hydrogen (secondary N) is 1. The lowest BCUT2D eigenvalue weighted by Gasteiger charge is -2.31. The van der Waals surface area contributed by atoms with Crippen LogP contribution in [0.3, 0.4) is 0 Å². The van der Waals surface area contributed by atoms with Crippen molar-refractivity contribution in [2.45, 2.75) is 52.0 Å². The topological polar surface area (TPSA) is 67.6 Å². The second-order valence-corrected chi connectivity index (χ2v) is 6.64. The van der Waals surface area contributed by atoms with Crippen LogP contribution in [0.25, 0.3) is 0 Å². The number of hydrogen-bond acceptors (Lipinski definition) is 4. The summed E-state index contributed by atoms with van der Waals surface area (Å²) < 4.78 is 5.86. The Bertz CT molecular complexity index is 507. The van der Waals surface area contributed by atoms with Gasteiger partial charge in [-0.1, -0.05) is 38.3 Å². The second kappa shape index (κ2) is 10.3. The van der Waals surface area contributed by atoms with E-state index in [4.69, 9.17) is 10.6 Å². The molecule has 1 saturated heterocycles. The Balaban J connectivity index is 1.81. The fraction of sp³-hybridized carbons (Fsp3) is 0.632. The van der Waals surface area contributed by atoms with Crippen LogP contribution in [-0.4, -0.2) is 30.5 Å². The van der Waals surface area contributed by atoms with Gasteiger partial charge in [0.05, 0.1) is 12.5 Å². The van der Waals surface area contributed by atoms with E-state index in [1.54, 1.807) is 0 Å². The minimum Gasteiger partial charge on any atom is -0.494 e. The molecule has 0 radical (unpaired) electrons. The molecule has 0 spiro atoms. The number of piperidine rings is 1. The highest BCUT2D eigenvalue weighted by atomic mass is 16.5. The lowest BCUT2D eigenvalue weighted by atomic mass is 9.97. The molecule has 1 amide bonds. The number of nitrogens with zero attached hydrogens (tertiary/aromatic N) is 1. The first-order chi connectivity index (χ1) is 11.7. The Kier molecular flexibility index (Phi) is 8.05. The third-order valence-corrected chi connectivity index (χ3v) is 4.59. The molecule has 1 aromatic carbocycles. The molecule has 2 rings (SSSR count). The van der Waals surface area contributed by atoms with Crippen LogP contribution in [-0.2, 0) is 11.3 Å². The first-order valence-corrected chi connectivity index (χ1v) is 9.17. The van der Waals surface area contributed by atoms with Crippen molar-refractivity contribution in [3.63, 3.8) is 0 Å². The van der Waals surface area contributed by atoms with Crippen LogP contribution in [0.1, 0.15) is 51.0 Å². The lowest BCUT2D eigenvalue weighted by molar-refractivity contribution is -0.126. The van der Waals surface area contributed by atoms with Crippen molar-refractivity contribution in [2.75, 3.05) is 19.7 Å². The summed E-state index contributed by atoms with van der Waals surface area (Å²) in [4.78, 5) is 14.1. The molecular weight excluding hydrogens is 302 g/mol. The molecular formula is C19H31N3O2. The van der Waals surface area contributed by atoms with Crippen LogP contribution >= 0.6 is 0 Å². The smallest absolute Gasteiger partial charge is 0.238 e. The molecule has 3 N–H and O–H groups in total. The van der Waals surface area contributed by atoms with Gasteiger partial charge >= 0.3 is 0 Å². The molecule has 0 aliphatic carbocycles. The van der Waals surface area contributed by atoms with Crippen LogP contribution < -0.4 is 16.0 Å². The van der Waals surface area contributed by atoms with Crippen LogP contribution in [0.4, 0.5) is 0 Å². The van der Waals surface area contributed by atoms with E-state index in [-0.39, 0.29) is 11.8 Å². The van der Waals surface area contributed by atoms with Gasteiger partial charge in [0.2, 0.25) is 5.91 Å². The number of hydrogen-bond donors (Lipinski definition) is 2. The van der Waals surface area contributed by atoms with Gasteiger partial charge in [-0.2, -0.15) is 0 Å².